The van der Waals surface area contributed by atoms with Crippen molar-refractivity contribution in [1.29, 1.82) is 5.26 Å². The standard InChI is InChI=1S/C18H21N4O2.C2H4O2/c1-21(2)17-6-4-15(5-7-17)12-16(13-19)18(23)24-11-10-22(3)9-8-20-14-22;1-2(3)4/h4-9,12,14H,10-11H2,1-3H3;1H3,(H,3,4)/q+1;/p-1/b16-12+;. The highest BCUT2D eigenvalue weighted by Gasteiger charge is 2.20. The second-order valence-corrected chi connectivity index (χ2v) is 6.42. The van der Waals surface area contributed by atoms with Gasteiger partial charge < -0.3 is 19.5 Å². The molecule has 0 amide bonds. The fraction of sp³-hybridized carbons (Fsp3) is 0.300. The number of benzene rings is 1. The summed E-state index contributed by atoms with van der Waals surface area (Å²) >= 11 is 0. The van der Waals surface area contributed by atoms with Gasteiger partial charge in [0.05, 0.1) is 13.2 Å². The van der Waals surface area contributed by atoms with Gasteiger partial charge in [-0.05, 0) is 30.7 Å². The van der Waals surface area contributed by atoms with Crippen molar-refractivity contribution >= 4 is 30.0 Å². The van der Waals surface area contributed by atoms with E-state index < -0.39 is 11.9 Å². The first-order valence-electron chi connectivity index (χ1n) is 8.48. The second-order valence-electron chi connectivity index (χ2n) is 6.42. The highest BCUT2D eigenvalue weighted by Crippen LogP contribution is 2.15. The molecule has 1 atom stereocenters. The lowest BCUT2D eigenvalue weighted by molar-refractivity contribution is -0.756. The van der Waals surface area contributed by atoms with Crippen molar-refractivity contribution in [3.05, 3.63) is 47.8 Å². The zero-order valence-corrected chi connectivity index (χ0v) is 16.5. The van der Waals surface area contributed by atoms with Gasteiger partial charge in [-0.25, -0.2) is 9.79 Å². The molecule has 28 heavy (non-hydrogen) atoms. The summed E-state index contributed by atoms with van der Waals surface area (Å²) in [6.45, 7) is 1.76. The van der Waals surface area contributed by atoms with E-state index in [1.807, 2.05) is 62.6 Å². The minimum Gasteiger partial charge on any atom is -0.550 e. The maximum atomic E-state index is 12.1. The highest BCUT2D eigenvalue weighted by molar-refractivity contribution is 5.97. The number of aliphatic imine (C=N–C) groups is 1. The van der Waals surface area contributed by atoms with Crippen molar-refractivity contribution < 1.29 is 23.9 Å². The lowest BCUT2D eigenvalue weighted by Crippen LogP contribution is -2.38. The van der Waals surface area contributed by atoms with Crippen molar-refractivity contribution in [3.63, 3.8) is 0 Å². The van der Waals surface area contributed by atoms with E-state index in [2.05, 4.69) is 4.99 Å². The van der Waals surface area contributed by atoms with E-state index in [9.17, 15) is 10.1 Å². The molecule has 1 aliphatic rings. The monoisotopic (exact) mass is 384 g/mol. The van der Waals surface area contributed by atoms with E-state index in [1.165, 1.54) is 6.08 Å². The van der Waals surface area contributed by atoms with Crippen molar-refractivity contribution in [1.82, 2.24) is 0 Å². The minimum atomic E-state index is -1.08. The molecule has 0 N–H and O–H groups in total. The van der Waals surface area contributed by atoms with E-state index >= 15 is 0 Å². The smallest absolute Gasteiger partial charge is 0.349 e. The van der Waals surface area contributed by atoms with Crippen molar-refractivity contribution in [2.75, 3.05) is 39.2 Å². The number of hydrogen-bond donors (Lipinski definition) is 0. The molecule has 0 aliphatic carbocycles. The van der Waals surface area contributed by atoms with Gasteiger partial charge in [0.1, 0.15) is 31.0 Å². The number of nitriles is 1. The number of carbonyl (C=O) groups excluding carboxylic acids is 2. The van der Waals surface area contributed by atoms with Gasteiger partial charge in [-0.3, -0.25) is 4.48 Å². The van der Waals surface area contributed by atoms with E-state index in [4.69, 9.17) is 14.6 Å². The molecule has 0 bridgehead atoms. The average molecular weight is 384 g/mol. The van der Waals surface area contributed by atoms with Gasteiger partial charge in [0, 0.05) is 25.8 Å². The van der Waals surface area contributed by atoms with E-state index in [1.54, 1.807) is 12.5 Å². The van der Waals surface area contributed by atoms with Crippen LogP contribution in [0.15, 0.2) is 47.2 Å². The molecule has 1 unspecified atom stereocenters. The number of esters is 1. The molecular weight excluding hydrogens is 360 g/mol. The van der Waals surface area contributed by atoms with Crippen LogP contribution in [-0.2, 0) is 14.3 Å². The molecule has 148 valence electrons. The summed E-state index contributed by atoms with van der Waals surface area (Å²) in [5.41, 5.74) is 1.81. The van der Waals surface area contributed by atoms with E-state index in [0.29, 0.717) is 11.0 Å². The quantitative estimate of drug-likeness (QED) is 0.312. The number of carboxylic acid groups (broad SMARTS) is 1. The van der Waals surface area contributed by atoms with Crippen LogP contribution in [-0.4, -0.2) is 57.1 Å². The summed E-state index contributed by atoms with van der Waals surface area (Å²) in [6, 6.07) is 9.48. The third-order valence-electron chi connectivity index (χ3n) is 3.69. The molecule has 0 radical (unpaired) electrons. The summed E-state index contributed by atoms with van der Waals surface area (Å²) in [5, 5.41) is 18.1. The molecule has 1 aliphatic heterocycles. The Morgan fingerprint density at radius 3 is 2.39 bits per heavy atom. The Balaban J connectivity index is 0.000000892. The summed E-state index contributed by atoms with van der Waals surface area (Å²) in [6.07, 6.45) is 6.91. The molecule has 8 heteroatoms. The van der Waals surface area contributed by atoms with Gasteiger partial charge in [0.15, 0.2) is 6.34 Å². The van der Waals surface area contributed by atoms with Crippen LogP contribution in [0.25, 0.3) is 6.08 Å². The second kappa shape index (κ2) is 10.6. The number of anilines is 1. The first-order chi connectivity index (χ1) is 13.2. The normalized spacial score (nSPS) is 17.3. The Morgan fingerprint density at radius 1 is 1.32 bits per heavy atom. The first kappa shape index (κ1) is 22.6. The molecule has 0 saturated heterocycles. The summed E-state index contributed by atoms with van der Waals surface area (Å²) in [4.78, 5) is 26.9. The number of ether oxygens (including phenoxy) is 1. The van der Waals surface area contributed by atoms with Gasteiger partial charge in [-0.1, -0.05) is 12.1 Å². The Bertz CT molecular complexity index is 802. The van der Waals surface area contributed by atoms with Gasteiger partial charge in [-0.2, -0.15) is 5.26 Å². The Hall–Kier alpha value is -3.44. The Kier molecular flexibility index (Phi) is 8.59. The van der Waals surface area contributed by atoms with Gasteiger partial charge >= 0.3 is 5.97 Å². The Morgan fingerprint density at radius 2 is 1.93 bits per heavy atom. The minimum absolute atomic E-state index is 0.0131. The van der Waals surface area contributed by atoms with Crippen LogP contribution in [0.5, 0.6) is 0 Å². The number of rotatable bonds is 6. The number of carboxylic acids is 1. The number of carbonyl (C=O) groups is 2. The van der Waals surface area contributed by atoms with Crippen LogP contribution in [0.1, 0.15) is 12.5 Å². The predicted octanol–water partition coefficient (Wildman–Crippen LogP) is 0.919. The maximum absolute atomic E-state index is 12.1. The average Bonchev–Trinajstić information content (AvgIpc) is 3.06. The van der Waals surface area contributed by atoms with Crippen molar-refractivity contribution in [2.45, 2.75) is 6.92 Å². The summed E-state index contributed by atoms with van der Waals surface area (Å²) in [5.74, 6) is -1.69. The lowest BCUT2D eigenvalue weighted by atomic mass is 10.1. The van der Waals surface area contributed by atoms with Crippen molar-refractivity contribution in [2.24, 2.45) is 4.99 Å². The number of quaternary nitrogens is 1. The Labute approximate surface area is 164 Å². The molecule has 0 saturated carbocycles. The zero-order chi connectivity index (χ0) is 21.2. The first-order valence-corrected chi connectivity index (χ1v) is 8.48. The van der Waals surface area contributed by atoms with Gasteiger partial charge in [0.2, 0.25) is 0 Å². The molecule has 8 nitrogen and oxygen atoms in total. The molecule has 2 rings (SSSR count). The molecule has 0 aromatic heterocycles. The van der Waals surface area contributed by atoms with Crippen LogP contribution >= 0.6 is 0 Å². The molecule has 0 spiro atoms. The SMILES string of the molecule is CC(=O)[O-].CN(C)c1ccc(/C=C(\C#N)C(=O)OCC[N+]2(C)C=CN=C2)cc1. The predicted molar refractivity (Wildman–Crippen MR) is 105 cm³/mol. The number of nitrogens with zero attached hydrogens (tertiary/aromatic N) is 4. The third-order valence-corrected chi connectivity index (χ3v) is 3.69. The summed E-state index contributed by atoms with van der Waals surface area (Å²) < 4.78 is 5.68. The molecule has 1 aromatic carbocycles. The van der Waals surface area contributed by atoms with Crippen LogP contribution in [0.3, 0.4) is 0 Å². The molecule has 1 heterocycles. The van der Waals surface area contributed by atoms with Gasteiger partial charge in [-0.15, -0.1) is 0 Å². The van der Waals surface area contributed by atoms with Crippen molar-refractivity contribution in [3.8, 4) is 6.07 Å². The van der Waals surface area contributed by atoms with Crippen LogP contribution in [0.4, 0.5) is 5.69 Å². The third kappa shape index (κ3) is 7.85. The highest BCUT2D eigenvalue weighted by atomic mass is 16.5. The lowest BCUT2D eigenvalue weighted by Gasteiger charge is -2.20. The van der Waals surface area contributed by atoms with E-state index in [0.717, 1.165) is 18.2 Å². The maximum Gasteiger partial charge on any atom is 0.349 e. The fourth-order valence-corrected chi connectivity index (χ4v) is 2.14. The fourth-order valence-electron chi connectivity index (χ4n) is 2.14. The van der Waals surface area contributed by atoms with Crippen LogP contribution in [0.2, 0.25) is 0 Å². The number of aliphatic carboxylic acids is 1. The number of likely N-dealkylation sites (N-methyl/N-ethyl adjacent to an activating group) is 1. The van der Waals surface area contributed by atoms with Gasteiger partial charge in [0.25, 0.3) is 0 Å². The largest absolute Gasteiger partial charge is 0.550 e. The zero-order valence-electron chi connectivity index (χ0n) is 16.5. The van der Waals surface area contributed by atoms with E-state index in [-0.39, 0.29) is 12.2 Å². The molecular formula is C20H24N4O4. The summed E-state index contributed by atoms with van der Waals surface area (Å²) in [7, 11) is 5.85. The van der Waals surface area contributed by atoms with Crippen LogP contribution < -0.4 is 10.0 Å². The topological polar surface area (TPSA) is 106 Å². The van der Waals surface area contributed by atoms with Crippen LogP contribution in [0, 0.1) is 11.3 Å². The number of hydrogen-bond acceptors (Lipinski definition) is 7. The molecule has 0 fully saturated rings. The molecule has 1 aromatic rings.